The van der Waals surface area contributed by atoms with Gasteiger partial charge < -0.3 is 10.6 Å². The Morgan fingerprint density at radius 1 is 0.967 bits per heavy atom. The van der Waals surface area contributed by atoms with Gasteiger partial charge in [0.15, 0.2) is 0 Å². The standard InChI is InChI=1S/C25H23N3OS/c1-2-20-17-21(25(30-20)28-24(29)19-13-7-4-8-14-19)23(18-11-5-3-6-12-18)27-22-15-9-10-16-26-22/h3-17,23H,2H2,1H3,(H,26,27)(H,28,29)/t23-/m0/s1. The van der Waals surface area contributed by atoms with Crippen molar-refractivity contribution >= 4 is 28.1 Å². The van der Waals surface area contributed by atoms with Crippen molar-refractivity contribution < 1.29 is 4.79 Å². The minimum absolute atomic E-state index is 0.106. The van der Waals surface area contributed by atoms with Crippen LogP contribution < -0.4 is 10.6 Å². The third-order valence-electron chi connectivity index (χ3n) is 4.82. The summed E-state index contributed by atoms with van der Waals surface area (Å²) in [7, 11) is 0. The normalized spacial score (nSPS) is 11.6. The van der Waals surface area contributed by atoms with E-state index in [0.717, 1.165) is 28.4 Å². The Kier molecular flexibility index (Phi) is 6.20. The molecule has 2 heterocycles. The van der Waals surface area contributed by atoms with E-state index >= 15 is 0 Å². The molecule has 0 saturated carbocycles. The van der Waals surface area contributed by atoms with E-state index < -0.39 is 0 Å². The maximum absolute atomic E-state index is 12.8. The summed E-state index contributed by atoms with van der Waals surface area (Å²) in [4.78, 5) is 18.5. The van der Waals surface area contributed by atoms with E-state index in [-0.39, 0.29) is 11.9 Å². The van der Waals surface area contributed by atoms with Gasteiger partial charge in [0.1, 0.15) is 10.8 Å². The number of nitrogens with one attached hydrogen (secondary N) is 2. The Morgan fingerprint density at radius 2 is 1.67 bits per heavy atom. The predicted octanol–water partition coefficient (Wildman–Crippen LogP) is 6.16. The van der Waals surface area contributed by atoms with Crippen molar-refractivity contribution in [1.29, 1.82) is 0 Å². The molecule has 0 spiro atoms. The van der Waals surface area contributed by atoms with Gasteiger partial charge in [0, 0.05) is 22.2 Å². The molecule has 0 aliphatic carbocycles. The maximum Gasteiger partial charge on any atom is 0.256 e. The number of thiophene rings is 1. The van der Waals surface area contributed by atoms with Gasteiger partial charge in [0.2, 0.25) is 0 Å². The first-order valence-electron chi connectivity index (χ1n) is 9.96. The molecule has 1 atom stereocenters. The summed E-state index contributed by atoms with van der Waals surface area (Å²) >= 11 is 1.62. The first kappa shape index (κ1) is 19.9. The summed E-state index contributed by atoms with van der Waals surface area (Å²) in [5.74, 6) is 0.682. The molecule has 0 saturated heterocycles. The summed E-state index contributed by atoms with van der Waals surface area (Å²) in [6.45, 7) is 2.13. The molecule has 0 radical (unpaired) electrons. The molecule has 4 nitrogen and oxygen atoms in total. The summed E-state index contributed by atoms with van der Waals surface area (Å²) in [6, 6.07) is 27.4. The van der Waals surface area contributed by atoms with Crippen LogP contribution in [-0.2, 0) is 6.42 Å². The van der Waals surface area contributed by atoms with Crippen LogP contribution in [0.2, 0.25) is 0 Å². The Morgan fingerprint density at radius 3 is 2.33 bits per heavy atom. The molecular formula is C25H23N3OS. The smallest absolute Gasteiger partial charge is 0.256 e. The van der Waals surface area contributed by atoms with Crippen molar-refractivity contribution in [3.63, 3.8) is 0 Å². The van der Waals surface area contributed by atoms with Crippen LogP contribution in [0.25, 0.3) is 0 Å². The van der Waals surface area contributed by atoms with Gasteiger partial charge in [-0.2, -0.15) is 0 Å². The van der Waals surface area contributed by atoms with Gasteiger partial charge in [-0.3, -0.25) is 4.79 Å². The van der Waals surface area contributed by atoms with Crippen LogP contribution >= 0.6 is 11.3 Å². The van der Waals surface area contributed by atoms with E-state index in [1.807, 2.05) is 66.7 Å². The van der Waals surface area contributed by atoms with E-state index in [1.54, 1.807) is 17.5 Å². The predicted molar refractivity (Wildman–Crippen MR) is 124 cm³/mol. The fraction of sp³-hybridized carbons (Fsp3) is 0.120. The fourth-order valence-electron chi connectivity index (χ4n) is 3.29. The second kappa shape index (κ2) is 9.37. The van der Waals surface area contributed by atoms with Crippen molar-refractivity contribution in [2.75, 3.05) is 10.6 Å². The molecule has 2 aromatic carbocycles. The minimum atomic E-state index is -0.135. The van der Waals surface area contributed by atoms with E-state index in [1.165, 1.54) is 4.88 Å². The second-order valence-corrected chi connectivity index (χ2v) is 8.01. The number of nitrogens with zero attached hydrogens (tertiary/aromatic N) is 1. The highest BCUT2D eigenvalue weighted by Crippen LogP contribution is 2.38. The lowest BCUT2D eigenvalue weighted by Gasteiger charge is -2.21. The van der Waals surface area contributed by atoms with Crippen molar-refractivity contribution in [1.82, 2.24) is 4.98 Å². The van der Waals surface area contributed by atoms with E-state index in [9.17, 15) is 4.79 Å². The molecule has 2 N–H and O–H groups in total. The van der Waals surface area contributed by atoms with E-state index in [0.29, 0.717) is 5.56 Å². The molecule has 0 aliphatic rings. The van der Waals surface area contributed by atoms with Gasteiger partial charge in [-0.15, -0.1) is 11.3 Å². The van der Waals surface area contributed by atoms with Crippen molar-refractivity contribution in [3.8, 4) is 0 Å². The number of pyridine rings is 1. The Balaban J connectivity index is 1.72. The number of carbonyl (C=O) groups excluding carboxylic acids is 1. The molecule has 150 valence electrons. The molecule has 4 aromatic rings. The zero-order valence-corrected chi connectivity index (χ0v) is 17.5. The van der Waals surface area contributed by atoms with Crippen molar-refractivity contribution in [2.45, 2.75) is 19.4 Å². The number of aryl methyl sites for hydroxylation is 1. The minimum Gasteiger partial charge on any atom is -0.359 e. The number of hydrogen-bond acceptors (Lipinski definition) is 4. The first-order chi connectivity index (χ1) is 14.7. The average Bonchev–Trinajstić information content (AvgIpc) is 3.22. The van der Waals surface area contributed by atoms with E-state index in [2.05, 4.69) is 40.7 Å². The third-order valence-corrected chi connectivity index (χ3v) is 6.03. The van der Waals surface area contributed by atoms with Gasteiger partial charge in [-0.25, -0.2) is 4.98 Å². The Hall–Kier alpha value is -3.44. The first-order valence-corrected chi connectivity index (χ1v) is 10.8. The second-order valence-electron chi connectivity index (χ2n) is 6.87. The lowest BCUT2D eigenvalue weighted by molar-refractivity contribution is 0.102. The van der Waals surface area contributed by atoms with Gasteiger partial charge in [0.25, 0.3) is 5.91 Å². The largest absolute Gasteiger partial charge is 0.359 e. The van der Waals surface area contributed by atoms with Gasteiger partial charge in [0.05, 0.1) is 6.04 Å². The zero-order valence-electron chi connectivity index (χ0n) is 16.7. The quantitative estimate of drug-likeness (QED) is 0.381. The summed E-state index contributed by atoms with van der Waals surface area (Å²) in [5, 5.41) is 7.54. The molecule has 4 rings (SSSR count). The summed E-state index contributed by atoms with van der Waals surface area (Å²) in [6.07, 6.45) is 2.68. The monoisotopic (exact) mass is 413 g/mol. The molecule has 1 amide bonds. The van der Waals surface area contributed by atoms with Crippen LogP contribution in [0.15, 0.2) is 91.1 Å². The van der Waals surface area contributed by atoms with Crippen molar-refractivity contribution in [2.24, 2.45) is 0 Å². The average molecular weight is 414 g/mol. The van der Waals surface area contributed by atoms with Crippen LogP contribution in [0.3, 0.4) is 0 Å². The number of anilines is 2. The molecule has 30 heavy (non-hydrogen) atoms. The number of amides is 1. The van der Waals surface area contributed by atoms with Crippen LogP contribution in [0.5, 0.6) is 0 Å². The molecular weight excluding hydrogens is 390 g/mol. The van der Waals surface area contributed by atoms with Gasteiger partial charge in [-0.1, -0.05) is 61.5 Å². The highest BCUT2D eigenvalue weighted by molar-refractivity contribution is 7.16. The molecule has 0 bridgehead atoms. The summed E-state index contributed by atoms with van der Waals surface area (Å²) < 4.78 is 0. The highest BCUT2D eigenvalue weighted by Gasteiger charge is 2.22. The highest BCUT2D eigenvalue weighted by atomic mass is 32.1. The number of aromatic nitrogens is 1. The molecule has 2 aromatic heterocycles. The number of rotatable bonds is 7. The number of hydrogen-bond donors (Lipinski definition) is 2. The number of benzene rings is 2. The van der Waals surface area contributed by atoms with Crippen LogP contribution in [0.4, 0.5) is 10.8 Å². The van der Waals surface area contributed by atoms with Crippen LogP contribution in [-0.4, -0.2) is 10.9 Å². The fourth-order valence-corrected chi connectivity index (χ4v) is 4.32. The molecule has 0 unspecified atom stereocenters. The molecule has 0 aliphatic heterocycles. The van der Waals surface area contributed by atoms with Gasteiger partial charge >= 0.3 is 0 Å². The lowest BCUT2D eigenvalue weighted by atomic mass is 9.99. The van der Waals surface area contributed by atoms with E-state index in [4.69, 9.17) is 0 Å². The van der Waals surface area contributed by atoms with Crippen molar-refractivity contribution in [3.05, 3.63) is 113 Å². The zero-order chi connectivity index (χ0) is 20.8. The lowest BCUT2D eigenvalue weighted by Crippen LogP contribution is -2.17. The van der Waals surface area contributed by atoms with Gasteiger partial charge in [-0.05, 0) is 42.3 Å². The Labute approximate surface area is 180 Å². The molecule has 5 heteroatoms. The Bertz CT molecular complexity index is 1100. The van der Waals surface area contributed by atoms with Crippen LogP contribution in [0, 0.1) is 0 Å². The number of carbonyl (C=O) groups is 1. The topological polar surface area (TPSA) is 54.0 Å². The van der Waals surface area contributed by atoms with Crippen LogP contribution in [0.1, 0.15) is 39.3 Å². The third kappa shape index (κ3) is 4.58. The summed E-state index contributed by atoms with van der Waals surface area (Å²) in [5.41, 5.74) is 2.79. The SMILES string of the molecule is CCc1cc([C@@H](Nc2ccccn2)c2ccccc2)c(NC(=O)c2ccccc2)s1. The molecule has 0 fully saturated rings. The maximum atomic E-state index is 12.8.